The van der Waals surface area contributed by atoms with E-state index in [1.54, 1.807) is 42.9 Å². The summed E-state index contributed by atoms with van der Waals surface area (Å²) in [6, 6.07) is 17.3. The third-order valence-corrected chi connectivity index (χ3v) is 9.53. The number of piperazine rings is 1. The number of hydrogen-bond donors (Lipinski definition) is 2. The number of fused-ring (bicyclic) bond motifs is 1. The smallest absolute Gasteiger partial charge is 0.244 e. The summed E-state index contributed by atoms with van der Waals surface area (Å²) < 4.78 is 13.5. The average molecular weight is 658 g/mol. The molecule has 2 aliphatic rings. The summed E-state index contributed by atoms with van der Waals surface area (Å²) in [5, 5.41) is 11.2. The number of hydrogen-bond acceptors (Lipinski definition) is 8. The fourth-order valence-electron chi connectivity index (χ4n) is 6.74. The first-order valence-corrected chi connectivity index (χ1v) is 16.4. The van der Waals surface area contributed by atoms with Gasteiger partial charge in [0.1, 0.15) is 17.1 Å². The van der Waals surface area contributed by atoms with Crippen molar-refractivity contribution in [3.8, 4) is 35.0 Å². The first-order chi connectivity index (χ1) is 23.9. The highest BCUT2D eigenvalue weighted by Gasteiger charge is 2.44. The van der Waals surface area contributed by atoms with Crippen LogP contribution in [0.3, 0.4) is 0 Å². The van der Waals surface area contributed by atoms with E-state index in [0.29, 0.717) is 49.8 Å². The summed E-state index contributed by atoms with van der Waals surface area (Å²) in [6.45, 7) is 5.02. The van der Waals surface area contributed by atoms with Crippen LogP contribution in [0.5, 0.6) is 0 Å². The van der Waals surface area contributed by atoms with E-state index in [-0.39, 0.29) is 36.8 Å². The minimum Gasteiger partial charge on any atom is -0.353 e. The SMILES string of the molecule is C#CC1(C(=O)Nc2ccc3[nH]nc(-c4ccc(F)cc4)c3c2)CCN(CC(=O)N2CCN(c3ccc(-c4ncccn4)cn3)CC2CC)C1. The molecule has 248 valence electrons. The van der Waals surface area contributed by atoms with Gasteiger partial charge < -0.3 is 15.1 Å². The van der Waals surface area contributed by atoms with Crippen molar-refractivity contribution in [3.05, 3.63) is 85.1 Å². The molecule has 2 atom stereocenters. The zero-order valence-corrected chi connectivity index (χ0v) is 27.1. The van der Waals surface area contributed by atoms with Crippen LogP contribution in [0.2, 0.25) is 0 Å². The highest BCUT2D eigenvalue weighted by Crippen LogP contribution is 2.33. The van der Waals surface area contributed by atoms with Gasteiger partial charge in [-0.15, -0.1) is 6.42 Å². The molecule has 0 saturated carbocycles. The Balaban J connectivity index is 0.972. The number of aromatic amines is 1. The number of rotatable bonds is 8. The normalized spacial score (nSPS) is 19.6. The number of nitrogens with zero attached hydrogens (tertiary/aromatic N) is 7. The number of benzene rings is 2. The lowest BCUT2D eigenvalue weighted by Crippen LogP contribution is -2.57. The van der Waals surface area contributed by atoms with Crippen molar-refractivity contribution in [1.82, 2.24) is 34.9 Å². The molecule has 2 amide bonds. The van der Waals surface area contributed by atoms with Crippen LogP contribution in [0.4, 0.5) is 15.9 Å². The Morgan fingerprint density at radius 3 is 2.57 bits per heavy atom. The molecule has 0 bridgehead atoms. The Morgan fingerprint density at radius 2 is 1.84 bits per heavy atom. The van der Waals surface area contributed by atoms with Crippen molar-refractivity contribution in [2.45, 2.75) is 25.8 Å². The third-order valence-electron chi connectivity index (χ3n) is 9.53. The number of likely N-dealkylation sites (tertiary alicyclic amines) is 1. The van der Waals surface area contributed by atoms with Gasteiger partial charge in [0.2, 0.25) is 11.8 Å². The van der Waals surface area contributed by atoms with E-state index in [2.05, 4.69) is 48.2 Å². The van der Waals surface area contributed by atoms with Crippen molar-refractivity contribution in [2.24, 2.45) is 5.41 Å². The molecule has 2 aliphatic heterocycles. The van der Waals surface area contributed by atoms with Crippen LogP contribution >= 0.6 is 0 Å². The van der Waals surface area contributed by atoms with Crippen LogP contribution in [0.25, 0.3) is 33.5 Å². The number of H-pyrrole nitrogens is 1. The van der Waals surface area contributed by atoms with Crippen LogP contribution in [-0.4, -0.2) is 92.1 Å². The Morgan fingerprint density at radius 1 is 1.04 bits per heavy atom. The van der Waals surface area contributed by atoms with E-state index in [9.17, 15) is 14.0 Å². The maximum absolute atomic E-state index is 13.7. The minimum atomic E-state index is -1.07. The van der Waals surface area contributed by atoms with Gasteiger partial charge in [-0.3, -0.25) is 19.6 Å². The molecule has 0 aliphatic carbocycles. The van der Waals surface area contributed by atoms with Crippen LogP contribution in [0, 0.1) is 23.6 Å². The molecule has 49 heavy (non-hydrogen) atoms. The van der Waals surface area contributed by atoms with Crippen molar-refractivity contribution < 1.29 is 14.0 Å². The fraction of sp³-hybridized carbons (Fsp3) is 0.297. The number of carbonyl (C=O) groups excluding carboxylic acids is 2. The maximum Gasteiger partial charge on any atom is 0.244 e. The predicted molar refractivity (Wildman–Crippen MR) is 186 cm³/mol. The van der Waals surface area contributed by atoms with Crippen molar-refractivity contribution in [1.29, 1.82) is 0 Å². The highest BCUT2D eigenvalue weighted by molar-refractivity contribution is 6.01. The fourth-order valence-corrected chi connectivity index (χ4v) is 6.74. The maximum atomic E-state index is 13.7. The molecule has 7 rings (SSSR count). The number of aromatic nitrogens is 5. The van der Waals surface area contributed by atoms with Gasteiger partial charge in [0.25, 0.3) is 0 Å². The molecule has 2 aromatic carbocycles. The van der Waals surface area contributed by atoms with Crippen LogP contribution in [0.15, 0.2) is 79.3 Å². The van der Waals surface area contributed by atoms with E-state index in [0.717, 1.165) is 34.3 Å². The number of terminal acetylenes is 1. The van der Waals surface area contributed by atoms with Crippen molar-refractivity contribution >= 4 is 34.2 Å². The molecule has 2 fully saturated rings. The number of pyridine rings is 1. The molecule has 5 heterocycles. The van der Waals surface area contributed by atoms with E-state index < -0.39 is 5.41 Å². The lowest BCUT2D eigenvalue weighted by Gasteiger charge is -2.42. The largest absolute Gasteiger partial charge is 0.353 e. The summed E-state index contributed by atoms with van der Waals surface area (Å²) in [6.07, 6.45) is 12.4. The first-order valence-electron chi connectivity index (χ1n) is 16.4. The topological polar surface area (TPSA) is 123 Å². The van der Waals surface area contributed by atoms with Gasteiger partial charge in [-0.05, 0) is 73.5 Å². The third kappa shape index (κ3) is 6.45. The number of amides is 2. The van der Waals surface area contributed by atoms with Gasteiger partial charge in [0.05, 0.1) is 17.8 Å². The second kappa shape index (κ2) is 13.4. The van der Waals surface area contributed by atoms with Crippen molar-refractivity contribution in [3.63, 3.8) is 0 Å². The first kappa shape index (κ1) is 31.9. The number of halogens is 1. The zero-order valence-electron chi connectivity index (χ0n) is 27.1. The molecule has 11 nitrogen and oxygen atoms in total. The number of carbonyl (C=O) groups is 2. The Bertz CT molecular complexity index is 2010. The van der Waals surface area contributed by atoms with E-state index >= 15 is 0 Å². The van der Waals surface area contributed by atoms with Gasteiger partial charge in [-0.25, -0.2) is 19.3 Å². The summed E-state index contributed by atoms with van der Waals surface area (Å²) in [5.41, 5.74) is 2.55. The zero-order chi connectivity index (χ0) is 34.0. The predicted octanol–water partition coefficient (Wildman–Crippen LogP) is 4.61. The molecular weight excluding hydrogens is 621 g/mol. The van der Waals surface area contributed by atoms with Gasteiger partial charge in [0, 0.05) is 79.6 Å². The molecule has 5 aromatic rings. The standard InChI is InChI=1S/C37H36FN9O2/c1-3-29-22-46(32-13-8-26(21-41-32)35-39-15-5-16-40-35)18-19-47(29)33(48)23-45-17-14-37(4-2,24-45)36(49)42-28-11-12-31-30(20-28)34(44-43-31)25-6-9-27(38)10-7-25/h2,5-13,15-16,20-21,29H,3,14,17-19,22-24H2,1H3,(H,42,49)(H,43,44). The second-order valence-electron chi connectivity index (χ2n) is 12.6. The summed E-state index contributed by atoms with van der Waals surface area (Å²) in [4.78, 5) is 46.7. The van der Waals surface area contributed by atoms with Crippen LogP contribution < -0.4 is 10.2 Å². The van der Waals surface area contributed by atoms with E-state index in [1.807, 2.05) is 34.1 Å². The number of nitrogens with one attached hydrogen (secondary N) is 2. The Hall–Kier alpha value is -5.67. The lowest BCUT2D eigenvalue weighted by atomic mass is 9.87. The van der Waals surface area contributed by atoms with Crippen molar-refractivity contribution in [2.75, 3.05) is 49.5 Å². The van der Waals surface area contributed by atoms with Crippen LogP contribution in [0.1, 0.15) is 19.8 Å². The van der Waals surface area contributed by atoms with E-state index in [4.69, 9.17) is 6.42 Å². The molecule has 3 aromatic heterocycles. The molecule has 2 N–H and O–H groups in total. The Labute approximate surface area is 283 Å². The minimum absolute atomic E-state index is 0.0288. The quantitative estimate of drug-likeness (QED) is 0.232. The lowest BCUT2D eigenvalue weighted by molar-refractivity contribution is -0.135. The monoisotopic (exact) mass is 657 g/mol. The molecule has 2 saturated heterocycles. The summed E-state index contributed by atoms with van der Waals surface area (Å²) in [7, 11) is 0. The summed E-state index contributed by atoms with van der Waals surface area (Å²) in [5.74, 6) is 3.66. The molecule has 0 radical (unpaired) electrons. The van der Waals surface area contributed by atoms with E-state index in [1.165, 1.54) is 12.1 Å². The van der Waals surface area contributed by atoms with Gasteiger partial charge in [-0.2, -0.15) is 5.10 Å². The molecule has 2 unspecified atom stereocenters. The van der Waals surface area contributed by atoms with Gasteiger partial charge in [0.15, 0.2) is 5.82 Å². The molecule has 0 spiro atoms. The molecular formula is C37H36FN9O2. The number of anilines is 2. The van der Waals surface area contributed by atoms with Crippen LogP contribution in [-0.2, 0) is 9.59 Å². The molecule has 12 heteroatoms. The Kier molecular flexibility index (Phi) is 8.76. The van der Waals surface area contributed by atoms with Gasteiger partial charge >= 0.3 is 0 Å². The average Bonchev–Trinajstić information content (AvgIpc) is 3.77. The van der Waals surface area contributed by atoms with Gasteiger partial charge in [-0.1, -0.05) is 12.8 Å². The summed E-state index contributed by atoms with van der Waals surface area (Å²) >= 11 is 0. The highest BCUT2D eigenvalue weighted by atomic mass is 19.1. The second-order valence-corrected chi connectivity index (χ2v) is 12.6.